The molecule has 0 aliphatic carbocycles. The summed E-state index contributed by atoms with van der Waals surface area (Å²) in [6.07, 6.45) is 8.68. The fourth-order valence-corrected chi connectivity index (χ4v) is 0.702. The van der Waals surface area contributed by atoms with Crippen LogP contribution in [-0.4, -0.2) is 16.0 Å². The second-order valence-corrected chi connectivity index (χ2v) is 2.62. The molecule has 0 aliphatic rings. The number of rotatable bonds is 2. The van der Waals surface area contributed by atoms with E-state index in [4.69, 9.17) is 6.42 Å². The highest BCUT2D eigenvalue weighted by atomic mass is 15.1. The molecule has 3 nitrogen and oxygen atoms in total. The second kappa shape index (κ2) is 3.72. The third kappa shape index (κ3) is 2.24. The van der Waals surface area contributed by atoms with Crippen molar-refractivity contribution in [2.75, 3.05) is 5.32 Å². The molecule has 0 saturated heterocycles. The molecule has 1 aromatic heterocycles. The molecule has 0 spiro atoms. The largest absolute Gasteiger partial charge is 0.341 e. The van der Waals surface area contributed by atoms with Gasteiger partial charge in [-0.1, -0.05) is 5.92 Å². The van der Waals surface area contributed by atoms with E-state index in [2.05, 4.69) is 21.2 Å². The van der Waals surface area contributed by atoms with Crippen LogP contribution in [0.3, 0.4) is 0 Å². The molecular weight excluding hydrogens is 150 g/mol. The lowest BCUT2D eigenvalue weighted by Gasteiger charge is -2.05. The Hall–Kier alpha value is -1.56. The number of hydrogen-bond donors (Lipinski definition) is 1. The highest BCUT2D eigenvalue weighted by molar-refractivity contribution is 5.29. The topological polar surface area (TPSA) is 37.8 Å². The fourth-order valence-electron chi connectivity index (χ4n) is 0.702. The summed E-state index contributed by atoms with van der Waals surface area (Å²) in [5, 5.41) is 2.96. The monoisotopic (exact) mass is 161 g/mol. The molecule has 1 aromatic rings. The molecule has 0 aliphatic heterocycles. The van der Waals surface area contributed by atoms with Crippen LogP contribution in [0.4, 0.5) is 5.95 Å². The number of anilines is 1. The van der Waals surface area contributed by atoms with E-state index in [9.17, 15) is 0 Å². The lowest BCUT2D eigenvalue weighted by Crippen LogP contribution is -2.14. The molecule has 0 fully saturated rings. The van der Waals surface area contributed by atoms with Crippen molar-refractivity contribution in [2.45, 2.75) is 19.9 Å². The first kappa shape index (κ1) is 8.54. The normalized spacial score (nSPS) is 11.8. The van der Waals surface area contributed by atoms with Crippen LogP contribution in [-0.2, 0) is 0 Å². The summed E-state index contributed by atoms with van der Waals surface area (Å²) in [4.78, 5) is 8.10. The first-order chi connectivity index (χ1) is 5.72. The Bertz CT molecular complexity index is 284. The number of terminal acetylenes is 1. The lowest BCUT2D eigenvalue weighted by molar-refractivity contribution is 0.977. The minimum absolute atomic E-state index is 0.0345. The van der Waals surface area contributed by atoms with E-state index < -0.39 is 0 Å². The van der Waals surface area contributed by atoms with Crippen molar-refractivity contribution < 1.29 is 0 Å². The minimum atomic E-state index is -0.0345. The van der Waals surface area contributed by atoms with Gasteiger partial charge < -0.3 is 5.32 Å². The van der Waals surface area contributed by atoms with E-state index in [0.29, 0.717) is 5.95 Å². The molecule has 12 heavy (non-hydrogen) atoms. The molecule has 0 saturated carbocycles. The molecule has 1 unspecified atom stereocenters. The van der Waals surface area contributed by atoms with Gasteiger partial charge in [-0.3, -0.25) is 0 Å². The zero-order chi connectivity index (χ0) is 8.97. The van der Waals surface area contributed by atoms with Crippen molar-refractivity contribution in [1.29, 1.82) is 0 Å². The lowest BCUT2D eigenvalue weighted by atomic mass is 10.3. The van der Waals surface area contributed by atoms with Crippen LogP contribution in [0.15, 0.2) is 12.4 Å². The maximum Gasteiger partial charge on any atom is 0.223 e. The quantitative estimate of drug-likeness (QED) is 0.663. The van der Waals surface area contributed by atoms with Gasteiger partial charge in [0.1, 0.15) is 0 Å². The number of aromatic nitrogens is 2. The van der Waals surface area contributed by atoms with Crippen molar-refractivity contribution in [3.8, 4) is 12.3 Å². The Morgan fingerprint density at radius 3 is 2.58 bits per heavy atom. The fraction of sp³-hybridized carbons (Fsp3) is 0.333. The highest BCUT2D eigenvalue weighted by Crippen LogP contribution is 1.99. The van der Waals surface area contributed by atoms with Crippen molar-refractivity contribution in [3.63, 3.8) is 0 Å². The molecule has 62 valence electrons. The summed E-state index contributed by atoms with van der Waals surface area (Å²) in [7, 11) is 0. The maximum absolute atomic E-state index is 5.18. The number of hydrogen-bond acceptors (Lipinski definition) is 3. The van der Waals surface area contributed by atoms with E-state index in [1.54, 1.807) is 12.4 Å². The molecule has 1 rings (SSSR count). The van der Waals surface area contributed by atoms with E-state index in [1.165, 1.54) is 0 Å². The van der Waals surface area contributed by atoms with Gasteiger partial charge in [0.25, 0.3) is 0 Å². The Morgan fingerprint density at radius 1 is 1.50 bits per heavy atom. The average molecular weight is 161 g/mol. The van der Waals surface area contributed by atoms with E-state index in [-0.39, 0.29) is 6.04 Å². The standard InChI is InChI=1S/C9H11N3/c1-4-8(3)12-9-10-5-7(2)6-11-9/h1,5-6,8H,2-3H3,(H,10,11,12). The summed E-state index contributed by atoms with van der Waals surface area (Å²) in [6, 6.07) is -0.0345. The summed E-state index contributed by atoms with van der Waals surface area (Å²) >= 11 is 0. The van der Waals surface area contributed by atoms with Gasteiger partial charge >= 0.3 is 0 Å². The second-order valence-electron chi connectivity index (χ2n) is 2.62. The maximum atomic E-state index is 5.18. The molecular formula is C9H11N3. The van der Waals surface area contributed by atoms with Gasteiger partial charge in [-0.05, 0) is 19.4 Å². The van der Waals surface area contributed by atoms with Crippen LogP contribution in [0.2, 0.25) is 0 Å². The predicted molar refractivity (Wildman–Crippen MR) is 48.7 cm³/mol. The van der Waals surface area contributed by atoms with Crippen LogP contribution >= 0.6 is 0 Å². The molecule has 0 amide bonds. The molecule has 1 heterocycles. The molecule has 1 atom stereocenters. The average Bonchev–Trinajstić information content (AvgIpc) is 2.09. The third-order valence-electron chi connectivity index (χ3n) is 1.38. The number of nitrogens with one attached hydrogen (secondary N) is 1. The van der Waals surface area contributed by atoms with Crippen molar-refractivity contribution in [2.24, 2.45) is 0 Å². The van der Waals surface area contributed by atoms with Gasteiger partial charge in [0.15, 0.2) is 0 Å². The first-order valence-corrected chi connectivity index (χ1v) is 3.73. The van der Waals surface area contributed by atoms with E-state index >= 15 is 0 Å². The zero-order valence-corrected chi connectivity index (χ0v) is 7.20. The molecule has 0 bridgehead atoms. The predicted octanol–water partition coefficient (Wildman–Crippen LogP) is 1.22. The highest BCUT2D eigenvalue weighted by Gasteiger charge is 1.97. The van der Waals surface area contributed by atoms with Crippen LogP contribution in [0.1, 0.15) is 12.5 Å². The van der Waals surface area contributed by atoms with Crippen molar-refractivity contribution >= 4 is 5.95 Å². The van der Waals surface area contributed by atoms with Crippen LogP contribution < -0.4 is 5.32 Å². The SMILES string of the molecule is C#CC(C)Nc1ncc(C)cn1. The van der Waals surface area contributed by atoms with Gasteiger partial charge in [-0.2, -0.15) is 0 Å². The van der Waals surface area contributed by atoms with E-state index in [0.717, 1.165) is 5.56 Å². The van der Waals surface area contributed by atoms with Gasteiger partial charge in [0.2, 0.25) is 5.95 Å². The third-order valence-corrected chi connectivity index (χ3v) is 1.38. The molecule has 3 heteroatoms. The Labute approximate surface area is 72.2 Å². The van der Waals surface area contributed by atoms with Gasteiger partial charge in [-0.15, -0.1) is 6.42 Å². The van der Waals surface area contributed by atoms with Crippen LogP contribution in [0.25, 0.3) is 0 Å². The van der Waals surface area contributed by atoms with Crippen LogP contribution in [0.5, 0.6) is 0 Å². The first-order valence-electron chi connectivity index (χ1n) is 3.73. The number of aryl methyl sites for hydroxylation is 1. The summed E-state index contributed by atoms with van der Waals surface area (Å²) < 4.78 is 0. The van der Waals surface area contributed by atoms with Gasteiger partial charge in [-0.25, -0.2) is 9.97 Å². The summed E-state index contributed by atoms with van der Waals surface area (Å²) in [5.41, 5.74) is 1.04. The van der Waals surface area contributed by atoms with Gasteiger partial charge in [0.05, 0.1) is 6.04 Å². The van der Waals surface area contributed by atoms with Crippen molar-refractivity contribution in [3.05, 3.63) is 18.0 Å². The van der Waals surface area contributed by atoms with E-state index in [1.807, 2.05) is 13.8 Å². The van der Waals surface area contributed by atoms with Crippen molar-refractivity contribution in [1.82, 2.24) is 9.97 Å². The van der Waals surface area contributed by atoms with Gasteiger partial charge in [0, 0.05) is 12.4 Å². The minimum Gasteiger partial charge on any atom is -0.341 e. The molecule has 0 aromatic carbocycles. The Kier molecular flexibility index (Phi) is 2.65. The van der Waals surface area contributed by atoms with Crippen LogP contribution in [0, 0.1) is 19.3 Å². The smallest absolute Gasteiger partial charge is 0.223 e. The number of nitrogens with zero attached hydrogens (tertiary/aromatic N) is 2. The Balaban J connectivity index is 2.66. The molecule has 0 radical (unpaired) electrons. The molecule has 1 N–H and O–H groups in total. The summed E-state index contributed by atoms with van der Waals surface area (Å²) in [5.74, 6) is 3.11. The summed E-state index contributed by atoms with van der Waals surface area (Å²) in [6.45, 7) is 3.82. The zero-order valence-electron chi connectivity index (χ0n) is 7.20. The Morgan fingerprint density at radius 2 is 2.08 bits per heavy atom.